The third-order valence-electron chi connectivity index (χ3n) is 3.74. The predicted molar refractivity (Wildman–Crippen MR) is 92.8 cm³/mol. The Labute approximate surface area is 145 Å². The number of urea groups is 1. The molecule has 2 aromatic carbocycles. The summed E-state index contributed by atoms with van der Waals surface area (Å²) in [6.45, 7) is 0.300. The largest absolute Gasteiger partial charge is 0.497 e. The number of methoxy groups -OCH3 is 1. The molecule has 0 aliphatic carbocycles. The van der Waals surface area contributed by atoms with Crippen molar-refractivity contribution in [1.82, 2.24) is 10.2 Å². The van der Waals surface area contributed by atoms with E-state index in [9.17, 15) is 13.6 Å². The fourth-order valence-corrected chi connectivity index (χ4v) is 2.39. The van der Waals surface area contributed by atoms with Gasteiger partial charge in [-0.2, -0.15) is 0 Å². The van der Waals surface area contributed by atoms with Crippen LogP contribution in [0.2, 0.25) is 0 Å². The van der Waals surface area contributed by atoms with Gasteiger partial charge in [-0.05, 0) is 43.9 Å². The zero-order valence-electron chi connectivity index (χ0n) is 14.3. The number of rotatable bonds is 6. The van der Waals surface area contributed by atoms with Crippen LogP contribution >= 0.6 is 0 Å². The van der Waals surface area contributed by atoms with Crippen molar-refractivity contribution in [3.8, 4) is 5.75 Å². The second-order valence-electron chi connectivity index (χ2n) is 5.72. The van der Waals surface area contributed by atoms with E-state index in [1.807, 2.05) is 43.3 Å². The van der Waals surface area contributed by atoms with Gasteiger partial charge in [0.2, 0.25) is 0 Å². The van der Waals surface area contributed by atoms with Gasteiger partial charge in [-0.15, -0.1) is 0 Å². The first-order valence-electron chi connectivity index (χ1n) is 7.71. The van der Waals surface area contributed by atoms with E-state index in [2.05, 4.69) is 10.6 Å². The zero-order chi connectivity index (χ0) is 18.4. The molecule has 0 bridgehead atoms. The molecule has 0 saturated heterocycles. The monoisotopic (exact) mass is 349 g/mol. The number of benzene rings is 2. The van der Waals surface area contributed by atoms with E-state index in [0.29, 0.717) is 12.6 Å². The molecule has 0 saturated carbocycles. The number of carbonyl (C=O) groups is 1. The Morgan fingerprint density at radius 3 is 2.60 bits per heavy atom. The highest BCUT2D eigenvalue weighted by Gasteiger charge is 2.16. The van der Waals surface area contributed by atoms with Crippen molar-refractivity contribution in [3.63, 3.8) is 0 Å². The van der Waals surface area contributed by atoms with Gasteiger partial charge < -0.3 is 20.3 Å². The minimum atomic E-state index is -0.827. The van der Waals surface area contributed by atoms with Crippen molar-refractivity contribution in [2.75, 3.05) is 33.1 Å². The van der Waals surface area contributed by atoms with Crippen molar-refractivity contribution in [3.05, 3.63) is 59.7 Å². The van der Waals surface area contributed by atoms with Crippen LogP contribution in [0.5, 0.6) is 5.75 Å². The van der Waals surface area contributed by atoms with Crippen LogP contribution in [0, 0.1) is 11.6 Å². The predicted octanol–water partition coefficient (Wildman–Crippen LogP) is 3.40. The van der Waals surface area contributed by atoms with Gasteiger partial charge in [-0.25, -0.2) is 13.6 Å². The lowest BCUT2D eigenvalue weighted by Crippen LogP contribution is -2.37. The number of ether oxygens (including phenoxy) is 1. The standard InChI is InChI=1S/C18H21F2N3O2/c1-23(2)17(12-5-4-6-14(9-12)25-3)11-21-18(24)22-16-8-7-13(19)10-15(16)20/h4-10,17H,11H2,1-3H3,(H2,21,22,24). The van der Waals surface area contributed by atoms with E-state index >= 15 is 0 Å². The maximum absolute atomic E-state index is 13.6. The van der Waals surface area contributed by atoms with Crippen LogP contribution in [0.3, 0.4) is 0 Å². The molecule has 2 amide bonds. The highest BCUT2D eigenvalue weighted by Crippen LogP contribution is 2.22. The fourth-order valence-electron chi connectivity index (χ4n) is 2.39. The third kappa shape index (κ3) is 5.15. The van der Waals surface area contributed by atoms with Crippen molar-refractivity contribution >= 4 is 11.7 Å². The summed E-state index contributed by atoms with van der Waals surface area (Å²) in [6, 6.07) is 9.85. The summed E-state index contributed by atoms with van der Waals surface area (Å²) >= 11 is 0. The molecule has 0 aliphatic rings. The van der Waals surface area contributed by atoms with E-state index in [0.717, 1.165) is 17.4 Å². The Bertz CT molecular complexity index is 738. The molecule has 2 aromatic rings. The highest BCUT2D eigenvalue weighted by molar-refractivity contribution is 5.89. The van der Waals surface area contributed by atoms with Crippen molar-refractivity contribution in [1.29, 1.82) is 0 Å². The molecule has 0 heterocycles. The molecule has 1 unspecified atom stereocenters. The lowest BCUT2D eigenvalue weighted by molar-refractivity contribution is 0.243. The summed E-state index contributed by atoms with van der Waals surface area (Å²) in [5.41, 5.74) is 0.888. The van der Waals surface area contributed by atoms with Gasteiger partial charge in [0.1, 0.15) is 17.4 Å². The Kier molecular flexibility index (Phi) is 6.30. The van der Waals surface area contributed by atoms with E-state index in [1.54, 1.807) is 7.11 Å². The summed E-state index contributed by atoms with van der Waals surface area (Å²) in [6.07, 6.45) is 0. The minimum absolute atomic E-state index is 0.0818. The van der Waals surface area contributed by atoms with Gasteiger partial charge in [0.15, 0.2) is 0 Å². The van der Waals surface area contributed by atoms with Crippen molar-refractivity contribution < 1.29 is 18.3 Å². The number of anilines is 1. The molecule has 1 atom stereocenters. The normalized spacial score (nSPS) is 11.9. The number of halogens is 2. The van der Waals surface area contributed by atoms with E-state index in [1.165, 1.54) is 6.07 Å². The van der Waals surface area contributed by atoms with Gasteiger partial charge in [-0.3, -0.25) is 0 Å². The molecule has 0 spiro atoms. The van der Waals surface area contributed by atoms with Gasteiger partial charge in [-0.1, -0.05) is 12.1 Å². The van der Waals surface area contributed by atoms with Crippen LogP contribution < -0.4 is 15.4 Å². The molecule has 0 fully saturated rings. The molecule has 0 aliphatic heterocycles. The molecular weight excluding hydrogens is 328 g/mol. The number of likely N-dealkylation sites (N-methyl/N-ethyl adjacent to an activating group) is 1. The first-order chi connectivity index (χ1) is 11.9. The Morgan fingerprint density at radius 2 is 1.96 bits per heavy atom. The fraction of sp³-hybridized carbons (Fsp3) is 0.278. The highest BCUT2D eigenvalue weighted by atomic mass is 19.1. The molecular formula is C18H21F2N3O2. The van der Waals surface area contributed by atoms with Crippen LogP contribution in [0.15, 0.2) is 42.5 Å². The molecule has 2 N–H and O–H groups in total. The smallest absolute Gasteiger partial charge is 0.319 e. The quantitative estimate of drug-likeness (QED) is 0.840. The van der Waals surface area contributed by atoms with Gasteiger partial charge in [0.05, 0.1) is 18.8 Å². The molecule has 0 aromatic heterocycles. The van der Waals surface area contributed by atoms with Crippen LogP contribution in [-0.2, 0) is 0 Å². The maximum atomic E-state index is 13.6. The average Bonchev–Trinajstić information content (AvgIpc) is 2.57. The lowest BCUT2D eigenvalue weighted by Gasteiger charge is -2.25. The van der Waals surface area contributed by atoms with E-state index in [4.69, 9.17) is 4.74 Å². The lowest BCUT2D eigenvalue weighted by atomic mass is 10.1. The number of amides is 2. The Balaban J connectivity index is 2.01. The molecule has 7 heteroatoms. The second kappa shape index (κ2) is 8.43. The number of hydrogen-bond donors (Lipinski definition) is 2. The molecule has 5 nitrogen and oxygen atoms in total. The summed E-state index contributed by atoms with van der Waals surface area (Å²) in [5.74, 6) is -0.802. The van der Waals surface area contributed by atoms with E-state index in [-0.39, 0.29) is 11.7 Å². The summed E-state index contributed by atoms with van der Waals surface area (Å²) in [5, 5.41) is 5.07. The first kappa shape index (κ1) is 18.7. The summed E-state index contributed by atoms with van der Waals surface area (Å²) < 4.78 is 31.7. The van der Waals surface area contributed by atoms with Gasteiger partial charge in [0, 0.05) is 12.6 Å². The van der Waals surface area contributed by atoms with Crippen LogP contribution in [-0.4, -0.2) is 38.7 Å². The molecule has 0 radical (unpaired) electrons. The SMILES string of the molecule is COc1cccc(C(CNC(=O)Nc2ccc(F)cc2F)N(C)C)c1. The average molecular weight is 349 g/mol. The van der Waals surface area contributed by atoms with Gasteiger partial charge >= 0.3 is 6.03 Å². The first-order valence-corrected chi connectivity index (χ1v) is 7.71. The molecule has 2 rings (SSSR count). The van der Waals surface area contributed by atoms with Crippen molar-refractivity contribution in [2.45, 2.75) is 6.04 Å². The number of carbonyl (C=O) groups excluding carboxylic acids is 1. The molecule has 25 heavy (non-hydrogen) atoms. The molecule has 134 valence electrons. The van der Waals surface area contributed by atoms with Crippen molar-refractivity contribution in [2.24, 2.45) is 0 Å². The number of hydrogen-bond acceptors (Lipinski definition) is 3. The topological polar surface area (TPSA) is 53.6 Å². The van der Waals surface area contributed by atoms with Crippen LogP contribution in [0.1, 0.15) is 11.6 Å². The minimum Gasteiger partial charge on any atom is -0.497 e. The van der Waals surface area contributed by atoms with Gasteiger partial charge in [0.25, 0.3) is 0 Å². The Hall–Kier alpha value is -2.67. The second-order valence-corrected chi connectivity index (χ2v) is 5.72. The Morgan fingerprint density at radius 1 is 1.20 bits per heavy atom. The van der Waals surface area contributed by atoms with Crippen LogP contribution in [0.25, 0.3) is 0 Å². The summed E-state index contributed by atoms with van der Waals surface area (Å²) in [4.78, 5) is 14.0. The third-order valence-corrected chi connectivity index (χ3v) is 3.74. The number of nitrogens with one attached hydrogen (secondary N) is 2. The van der Waals surface area contributed by atoms with Crippen LogP contribution in [0.4, 0.5) is 19.3 Å². The maximum Gasteiger partial charge on any atom is 0.319 e. The zero-order valence-corrected chi connectivity index (χ0v) is 14.3. The van der Waals surface area contributed by atoms with E-state index < -0.39 is 17.7 Å². The number of nitrogens with zero attached hydrogens (tertiary/aromatic N) is 1. The summed E-state index contributed by atoms with van der Waals surface area (Å²) in [7, 11) is 5.37.